The van der Waals surface area contributed by atoms with Gasteiger partial charge in [-0.05, 0) is 36.1 Å². The molecule has 0 aliphatic heterocycles. The molecule has 0 aliphatic rings. The zero-order valence-corrected chi connectivity index (χ0v) is 10.5. The quantitative estimate of drug-likeness (QED) is 0.752. The Hall–Kier alpha value is -1.61. The fraction of sp³-hybridized carbons (Fsp3) is 0.214. The van der Waals surface area contributed by atoms with E-state index in [0.29, 0.717) is 13.0 Å². The van der Waals surface area contributed by atoms with Crippen molar-refractivity contribution in [2.45, 2.75) is 13.3 Å². The van der Waals surface area contributed by atoms with Crippen LogP contribution in [0.15, 0.2) is 41.1 Å². The molecule has 0 radical (unpaired) electrons. The molecule has 3 heteroatoms. The number of hydrogen-bond acceptors (Lipinski definition) is 3. The number of benzene rings is 1. The highest BCUT2D eigenvalue weighted by molar-refractivity contribution is 7.08. The van der Waals surface area contributed by atoms with E-state index in [1.54, 1.807) is 0 Å². The zero-order chi connectivity index (χ0) is 12.1. The van der Waals surface area contributed by atoms with Gasteiger partial charge in [-0.2, -0.15) is 11.3 Å². The van der Waals surface area contributed by atoms with Crippen LogP contribution in [0.5, 0.6) is 5.75 Å². The third kappa shape index (κ3) is 3.43. The van der Waals surface area contributed by atoms with Crippen molar-refractivity contribution >= 4 is 17.1 Å². The van der Waals surface area contributed by atoms with Crippen LogP contribution in [0, 0.1) is 6.92 Å². The molecule has 0 spiro atoms. The van der Waals surface area contributed by atoms with E-state index < -0.39 is 0 Å². The van der Waals surface area contributed by atoms with Crippen molar-refractivity contribution in [1.82, 2.24) is 0 Å². The largest absolute Gasteiger partial charge is 0.493 e. The van der Waals surface area contributed by atoms with Crippen molar-refractivity contribution in [2.24, 2.45) is 0 Å². The molecule has 0 atom stereocenters. The van der Waals surface area contributed by atoms with Gasteiger partial charge in [-0.1, -0.05) is 12.1 Å². The van der Waals surface area contributed by atoms with Crippen molar-refractivity contribution in [3.63, 3.8) is 0 Å². The summed E-state index contributed by atoms with van der Waals surface area (Å²) >= 11 is 1.54. The van der Waals surface area contributed by atoms with Crippen LogP contribution in [0.4, 0.5) is 0 Å². The van der Waals surface area contributed by atoms with Gasteiger partial charge in [0.1, 0.15) is 5.75 Å². The minimum absolute atomic E-state index is 0.138. The molecule has 88 valence electrons. The topological polar surface area (TPSA) is 26.3 Å². The lowest BCUT2D eigenvalue weighted by atomic mass is 10.2. The van der Waals surface area contributed by atoms with Gasteiger partial charge in [0.15, 0.2) is 5.78 Å². The van der Waals surface area contributed by atoms with Crippen LogP contribution in [-0.4, -0.2) is 12.4 Å². The van der Waals surface area contributed by atoms with E-state index in [1.807, 2.05) is 48.0 Å². The molecule has 1 heterocycles. The Morgan fingerprint density at radius 1 is 1.35 bits per heavy atom. The highest BCUT2D eigenvalue weighted by atomic mass is 32.1. The maximum Gasteiger partial charge on any atom is 0.167 e. The summed E-state index contributed by atoms with van der Waals surface area (Å²) in [7, 11) is 0. The Labute approximate surface area is 105 Å². The number of ketones is 1. The molecule has 2 aromatic rings. The summed E-state index contributed by atoms with van der Waals surface area (Å²) in [5.41, 5.74) is 1.94. The van der Waals surface area contributed by atoms with E-state index in [9.17, 15) is 4.79 Å². The second-order valence-corrected chi connectivity index (χ2v) is 4.63. The number of thiophene rings is 1. The number of ether oxygens (including phenoxy) is 1. The van der Waals surface area contributed by atoms with Crippen molar-refractivity contribution in [1.29, 1.82) is 0 Å². The maximum absolute atomic E-state index is 11.7. The van der Waals surface area contributed by atoms with Gasteiger partial charge in [-0.15, -0.1) is 0 Å². The number of rotatable bonds is 5. The lowest BCUT2D eigenvalue weighted by molar-refractivity contribution is 0.0962. The minimum atomic E-state index is 0.138. The van der Waals surface area contributed by atoms with Crippen LogP contribution in [0.1, 0.15) is 22.3 Å². The van der Waals surface area contributed by atoms with Crippen LogP contribution in [0.3, 0.4) is 0 Å². The molecule has 2 nitrogen and oxygen atoms in total. The van der Waals surface area contributed by atoms with Gasteiger partial charge >= 0.3 is 0 Å². The summed E-state index contributed by atoms with van der Waals surface area (Å²) in [6.45, 7) is 2.45. The molecule has 0 bridgehead atoms. The summed E-state index contributed by atoms with van der Waals surface area (Å²) in [5.74, 6) is 0.960. The molecule has 0 saturated heterocycles. The normalized spacial score (nSPS) is 10.2. The molecular formula is C14H14O2S. The number of carbonyl (C=O) groups is 1. The highest BCUT2D eigenvalue weighted by Crippen LogP contribution is 2.13. The van der Waals surface area contributed by atoms with Gasteiger partial charge in [0.05, 0.1) is 6.61 Å². The van der Waals surface area contributed by atoms with Gasteiger partial charge < -0.3 is 4.74 Å². The predicted octanol–water partition coefficient (Wildman–Crippen LogP) is 3.71. The molecule has 17 heavy (non-hydrogen) atoms. The monoisotopic (exact) mass is 246 g/mol. The van der Waals surface area contributed by atoms with Crippen LogP contribution in [-0.2, 0) is 0 Å². The van der Waals surface area contributed by atoms with Crippen molar-refractivity contribution < 1.29 is 9.53 Å². The standard InChI is InChI=1S/C14H14O2S/c1-11-3-2-4-13(9-11)16-7-5-14(15)12-6-8-17-10-12/h2-4,6,8-10H,5,7H2,1H3. The first-order valence-corrected chi connectivity index (χ1v) is 6.45. The Morgan fingerprint density at radius 3 is 2.94 bits per heavy atom. The first-order chi connectivity index (χ1) is 8.25. The number of carbonyl (C=O) groups excluding carboxylic acids is 1. The molecule has 1 aromatic heterocycles. The molecule has 0 aliphatic carbocycles. The fourth-order valence-electron chi connectivity index (χ4n) is 1.53. The molecular weight excluding hydrogens is 232 g/mol. The molecule has 0 amide bonds. The second kappa shape index (κ2) is 5.64. The van der Waals surface area contributed by atoms with E-state index in [2.05, 4.69) is 0 Å². The summed E-state index contributed by atoms with van der Waals surface area (Å²) in [4.78, 5) is 11.7. The van der Waals surface area contributed by atoms with E-state index >= 15 is 0 Å². The summed E-state index contributed by atoms with van der Waals surface area (Å²) < 4.78 is 5.54. The van der Waals surface area contributed by atoms with Gasteiger partial charge in [0, 0.05) is 17.4 Å². The molecule has 2 rings (SSSR count). The maximum atomic E-state index is 11.7. The lowest BCUT2D eigenvalue weighted by Crippen LogP contribution is -2.05. The third-order valence-electron chi connectivity index (χ3n) is 2.43. The Kier molecular flexibility index (Phi) is 3.94. The predicted molar refractivity (Wildman–Crippen MR) is 69.9 cm³/mol. The number of hydrogen-bond donors (Lipinski definition) is 0. The van der Waals surface area contributed by atoms with Crippen LogP contribution in [0.2, 0.25) is 0 Å². The smallest absolute Gasteiger partial charge is 0.167 e. The van der Waals surface area contributed by atoms with Crippen molar-refractivity contribution in [3.8, 4) is 5.75 Å². The number of aryl methyl sites for hydroxylation is 1. The van der Waals surface area contributed by atoms with Gasteiger partial charge in [0.2, 0.25) is 0 Å². The summed E-state index contributed by atoms with van der Waals surface area (Å²) in [6, 6.07) is 9.69. The highest BCUT2D eigenvalue weighted by Gasteiger charge is 2.05. The summed E-state index contributed by atoms with van der Waals surface area (Å²) in [5, 5.41) is 3.78. The van der Waals surface area contributed by atoms with Gasteiger partial charge in [-0.25, -0.2) is 0 Å². The van der Waals surface area contributed by atoms with E-state index in [1.165, 1.54) is 11.3 Å². The molecule has 0 saturated carbocycles. The first-order valence-electron chi connectivity index (χ1n) is 5.50. The fourth-order valence-corrected chi connectivity index (χ4v) is 2.19. The Balaban J connectivity index is 1.82. The van der Waals surface area contributed by atoms with E-state index in [4.69, 9.17) is 4.74 Å². The average Bonchev–Trinajstić information content (AvgIpc) is 2.82. The van der Waals surface area contributed by atoms with E-state index in [-0.39, 0.29) is 5.78 Å². The van der Waals surface area contributed by atoms with Crippen LogP contribution < -0.4 is 4.74 Å². The molecule has 0 unspecified atom stereocenters. The first kappa shape index (κ1) is 11.9. The minimum Gasteiger partial charge on any atom is -0.493 e. The SMILES string of the molecule is Cc1cccc(OCCC(=O)c2ccsc2)c1. The molecule has 0 N–H and O–H groups in total. The van der Waals surface area contributed by atoms with E-state index in [0.717, 1.165) is 16.9 Å². The van der Waals surface area contributed by atoms with Gasteiger partial charge in [-0.3, -0.25) is 4.79 Å². The Bertz CT molecular complexity index is 489. The third-order valence-corrected chi connectivity index (χ3v) is 3.11. The van der Waals surface area contributed by atoms with Crippen molar-refractivity contribution in [3.05, 3.63) is 52.2 Å². The number of Topliss-reactive ketones (excluding diaryl/α,β-unsaturated/α-hetero) is 1. The van der Waals surface area contributed by atoms with Crippen molar-refractivity contribution in [2.75, 3.05) is 6.61 Å². The molecule has 0 fully saturated rings. The van der Waals surface area contributed by atoms with Gasteiger partial charge in [0.25, 0.3) is 0 Å². The molecule has 1 aromatic carbocycles. The summed E-state index contributed by atoms with van der Waals surface area (Å²) in [6.07, 6.45) is 0.421. The Morgan fingerprint density at radius 2 is 2.24 bits per heavy atom. The lowest BCUT2D eigenvalue weighted by Gasteiger charge is -2.05. The zero-order valence-electron chi connectivity index (χ0n) is 9.68. The van der Waals surface area contributed by atoms with Crippen LogP contribution in [0.25, 0.3) is 0 Å². The second-order valence-electron chi connectivity index (χ2n) is 3.85. The average molecular weight is 246 g/mol. The van der Waals surface area contributed by atoms with Crippen LogP contribution >= 0.6 is 11.3 Å².